The molecule has 5 heteroatoms. The number of nitrogens with zero attached hydrogens (tertiary/aromatic N) is 2. The number of benzene rings is 1. The number of imidazole rings is 1. The van der Waals surface area contributed by atoms with E-state index in [2.05, 4.69) is 15.0 Å². The monoisotopic (exact) mass is 321 g/mol. The number of H-pyrrole nitrogens is 1. The van der Waals surface area contributed by atoms with Gasteiger partial charge in [-0.3, -0.25) is 9.78 Å². The SMILES string of the molecule is O=C1CC=C(c2ccncc2)C=C1c1nc2ccc(Cl)cc2[nH]1. The van der Waals surface area contributed by atoms with E-state index in [0.29, 0.717) is 22.8 Å². The van der Waals surface area contributed by atoms with Crippen LogP contribution in [-0.2, 0) is 4.79 Å². The molecule has 1 aliphatic rings. The van der Waals surface area contributed by atoms with Gasteiger partial charge in [0.2, 0.25) is 0 Å². The molecular formula is C18H12ClN3O. The number of nitrogens with one attached hydrogen (secondary N) is 1. The number of rotatable bonds is 2. The van der Waals surface area contributed by atoms with Gasteiger partial charge in [0, 0.05) is 23.8 Å². The molecule has 4 rings (SSSR count). The van der Waals surface area contributed by atoms with Gasteiger partial charge in [0.05, 0.1) is 16.6 Å². The largest absolute Gasteiger partial charge is 0.338 e. The van der Waals surface area contributed by atoms with Crippen molar-refractivity contribution in [3.63, 3.8) is 0 Å². The number of hydrogen-bond donors (Lipinski definition) is 1. The average Bonchev–Trinajstić information content (AvgIpc) is 2.99. The summed E-state index contributed by atoms with van der Waals surface area (Å²) < 4.78 is 0. The van der Waals surface area contributed by atoms with Crippen molar-refractivity contribution in [2.45, 2.75) is 6.42 Å². The average molecular weight is 322 g/mol. The Hall–Kier alpha value is -2.72. The van der Waals surface area contributed by atoms with Crippen molar-refractivity contribution in [3.05, 3.63) is 71.3 Å². The maximum Gasteiger partial charge on any atom is 0.170 e. The lowest BCUT2D eigenvalue weighted by molar-refractivity contribution is -0.113. The number of allylic oxidation sites excluding steroid dienone is 4. The molecule has 2 heterocycles. The predicted molar refractivity (Wildman–Crippen MR) is 90.9 cm³/mol. The third kappa shape index (κ3) is 2.58. The van der Waals surface area contributed by atoms with Crippen LogP contribution >= 0.6 is 11.6 Å². The Kier molecular flexibility index (Phi) is 3.32. The van der Waals surface area contributed by atoms with E-state index < -0.39 is 0 Å². The smallest absolute Gasteiger partial charge is 0.170 e. The van der Waals surface area contributed by atoms with Crippen molar-refractivity contribution in [1.82, 2.24) is 15.0 Å². The molecular weight excluding hydrogens is 310 g/mol. The number of aromatic amines is 1. The van der Waals surface area contributed by atoms with E-state index in [1.54, 1.807) is 24.5 Å². The van der Waals surface area contributed by atoms with E-state index in [-0.39, 0.29) is 5.78 Å². The molecule has 0 amide bonds. The van der Waals surface area contributed by atoms with E-state index in [0.717, 1.165) is 22.2 Å². The van der Waals surface area contributed by atoms with Crippen molar-refractivity contribution in [1.29, 1.82) is 0 Å². The Labute approximate surface area is 137 Å². The molecule has 23 heavy (non-hydrogen) atoms. The molecule has 3 aromatic rings. The van der Waals surface area contributed by atoms with E-state index in [4.69, 9.17) is 11.6 Å². The fourth-order valence-electron chi connectivity index (χ4n) is 2.66. The van der Waals surface area contributed by atoms with Crippen LogP contribution in [0.15, 0.2) is 54.9 Å². The molecule has 0 saturated carbocycles. The lowest BCUT2D eigenvalue weighted by atomic mass is 9.94. The summed E-state index contributed by atoms with van der Waals surface area (Å²) in [4.78, 5) is 24.0. The van der Waals surface area contributed by atoms with Crippen LogP contribution in [0, 0.1) is 0 Å². The van der Waals surface area contributed by atoms with E-state index in [1.807, 2.05) is 30.4 Å². The molecule has 1 aromatic carbocycles. The van der Waals surface area contributed by atoms with Gasteiger partial charge in [0.1, 0.15) is 5.82 Å². The zero-order valence-electron chi connectivity index (χ0n) is 12.1. The van der Waals surface area contributed by atoms with Crippen LogP contribution in [0.5, 0.6) is 0 Å². The Morgan fingerprint density at radius 2 is 1.96 bits per heavy atom. The van der Waals surface area contributed by atoms with E-state index in [9.17, 15) is 4.79 Å². The van der Waals surface area contributed by atoms with Gasteiger partial charge in [-0.05, 0) is 47.5 Å². The van der Waals surface area contributed by atoms with Crippen LogP contribution in [0.1, 0.15) is 17.8 Å². The minimum absolute atomic E-state index is 0.0490. The molecule has 1 aliphatic carbocycles. The summed E-state index contributed by atoms with van der Waals surface area (Å²) in [5.74, 6) is 0.625. The predicted octanol–water partition coefficient (Wildman–Crippen LogP) is 4.05. The van der Waals surface area contributed by atoms with Gasteiger partial charge < -0.3 is 4.98 Å². The zero-order valence-corrected chi connectivity index (χ0v) is 12.8. The second kappa shape index (κ2) is 5.48. The summed E-state index contributed by atoms with van der Waals surface area (Å²) in [6.07, 6.45) is 7.65. The number of fused-ring (bicyclic) bond motifs is 1. The lowest BCUT2D eigenvalue weighted by Crippen LogP contribution is -2.06. The number of ketones is 1. The summed E-state index contributed by atoms with van der Waals surface area (Å²) in [5, 5.41) is 0.633. The van der Waals surface area contributed by atoms with E-state index in [1.165, 1.54) is 0 Å². The molecule has 0 bridgehead atoms. The summed E-state index contributed by atoms with van der Waals surface area (Å²) in [6.45, 7) is 0. The summed E-state index contributed by atoms with van der Waals surface area (Å²) in [5.41, 5.74) is 4.23. The number of pyridine rings is 1. The van der Waals surface area contributed by atoms with Crippen molar-refractivity contribution in [2.24, 2.45) is 0 Å². The number of aromatic nitrogens is 3. The Balaban J connectivity index is 1.80. The number of Topliss-reactive ketones (excluding diaryl/α,β-unsaturated/α-hetero) is 1. The summed E-state index contributed by atoms with van der Waals surface area (Å²) in [7, 11) is 0. The normalized spacial score (nSPS) is 14.7. The third-order valence-electron chi connectivity index (χ3n) is 3.82. The molecule has 0 atom stereocenters. The first-order valence-electron chi connectivity index (χ1n) is 7.22. The van der Waals surface area contributed by atoms with Gasteiger partial charge in [-0.1, -0.05) is 17.7 Å². The van der Waals surface area contributed by atoms with Crippen LogP contribution in [0.2, 0.25) is 5.02 Å². The molecule has 0 unspecified atom stereocenters. The van der Waals surface area contributed by atoms with Crippen molar-refractivity contribution in [3.8, 4) is 0 Å². The molecule has 1 N–H and O–H groups in total. The quantitative estimate of drug-likeness (QED) is 0.774. The second-order valence-corrected chi connectivity index (χ2v) is 5.76. The standard InChI is InChI=1S/C18H12ClN3O/c19-13-2-3-15-16(10-13)22-18(21-15)14-9-12(1-4-17(14)23)11-5-7-20-8-6-11/h1-3,5-10H,4H2,(H,21,22). The Morgan fingerprint density at radius 3 is 2.78 bits per heavy atom. The maximum absolute atomic E-state index is 12.3. The van der Waals surface area contributed by atoms with Crippen molar-refractivity contribution >= 4 is 39.6 Å². The molecule has 0 fully saturated rings. The highest BCUT2D eigenvalue weighted by Crippen LogP contribution is 2.29. The fraction of sp³-hybridized carbons (Fsp3) is 0.0556. The Bertz CT molecular complexity index is 970. The van der Waals surface area contributed by atoms with E-state index >= 15 is 0 Å². The molecule has 112 valence electrons. The first-order chi connectivity index (χ1) is 11.2. The van der Waals surface area contributed by atoms with Crippen molar-refractivity contribution < 1.29 is 4.79 Å². The minimum atomic E-state index is 0.0490. The molecule has 4 nitrogen and oxygen atoms in total. The van der Waals surface area contributed by atoms with Gasteiger partial charge in [-0.15, -0.1) is 0 Å². The van der Waals surface area contributed by atoms with Gasteiger partial charge in [-0.25, -0.2) is 4.98 Å². The lowest BCUT2D eigenvalue weighted by Gasteiger charge is -2.11. The molecule has 0 radical (unpaired) electrons. The van der Waals surface area contributed by atoms with Gasteiger partial charge in [0.25, 0.3) is 0 Å². The van der Waals surface area contributed by atoms with Crippen molar-refractivity contribution in [2.75, 3.05) is 0 Å². The summed E-state index contributed by atoms with van der Waals surface area (Å²) in [6, 6.07) is 9.28. The Morgan fingerprint density at radius 1 is 1.13 bits per heavy atom. The van der Waals surface area contributed by atoms with Gasteiger partial charge in [-0.2, -0.15) is 0 Å². The number of carbonyl (C=O) groups is 1. The number of hydrogen-bond acceptors (Lipinski definition) is 3. The molecule has 2 aromatic heterocycles. The van der Waals surface area contributed by atoms with Crippen LogP contribution in [-0.4, -0.2) is 20.7 Å². The highest BCUT2D eigenvalue weighted by Gasteiger charge is 2.20. The first-order valence-corrected chi connectivity index (χ1v) is 7.59. The second-order valence-electron chi connectivity index (χ2n) is 5.33. The van der Waals surface area contributed by atoms with Crippen LogP contribution in [0.4, 0.5) is 0 Å². The highest BCUT2D eigenvalue weighted by molar-refractivity contribution is 6.31. The van der Waals surface area contributed by atoms with Crippen LogP contribution < -0.4 is 0 Å². The van der Waals surface area contributed by atoms with Gasteiger partial charge >= 0.3 is 0 Å². The molecule has 0 spiro atoms. The topological polar surface area (TPSA) is 58.6 Å². The zero-order chi connectivity index (χ0) is 15.8. The third-order valence-corrected chi connectivity index (χ3v) is 4.06. The fourth-order valence-corrected chi connectivity index (χ4v) is 2.84. The number of halogens is 1. The number of carbonyl (C=O) groups excluding carboxylic acids is 1. The van der Waals surface area contributed by atoms with Crippen LogP contribution in [0.3, 0.4) is 0 Å². The first kappa shape index (κ1) is 13.9. The van der Waals surface area contributed by atoms with Gasteiger partial charge in [0.15, 0.2) is 5.78 Å². The molecule has 0 saturated heterocycles. The maximum atomic E-state index is 12.3. The van der Waals surface area contributed by atoms with Crippen LogP contribution in [0.25, 0.3) is 22.2 Å². The summed E-state index contributed by atoms with van der Waals surface area (Å²) >= 11 is 6.00. The molecule has 0 aliphatic heterocycles. The minimum Gasteiger partial charge on any atom is -0.338 e. The highest BCUT2D eigenvalue weighted by atomic mass is 35.5.